The van der Waals surface area contributed by atoms with Crippen molar-refractivity contribution >= 4 is 5.82 Å². The number of hydrogen-bond acceptors (Lipinski definition) is 6. The second kappa shape index (κ2) is 5.39. The van der Waals surface area contributed by atoms with Crippen LogP contribution >= 0.6 is 0 Å². The number of anilines is 1. The van der Waals surface area contributed by atoms with Crippen LogP contribution in [-0.2, 0) is 27.1 Å². The summed E-state index contributed by atoms with van der Waals surface area (Å²) in [6, 6.07) is 1.89. The molecule has 1 N–H and O–H groups in total. The molecule has 0 amide bonds. The highest BCUT2D eigenvalue weighted by Crippen LogP contribution is 2.19. The molecule has 0 bridgehead atoms. The van der Waals surface area contributed by atoms with Crippen molar-refractivity contribution in [2.45, 2.75) is 32.4 Å². The van der Waals surface area contributed by atoms with Crippen LogP contribution in [0, 0.1) is 18.3 Å². The van der Waals surface area contributed by atoms with Crippen LogP contribution in [0.4, 0.5) is 5.82 Å². The fourth-order valence-corrected chi connectivity index (χ4v) is 2.89. The molecule has 1 aliphatic heterocycles. The van der Waals surface area contributed by atoms with Gasteiger partial charge in [-0.1, -0.05) is 0 Å². The molecule has 0 aliphatic carbocycles. The molecule has 0 aromatic carbocycles. The first-order valence-electron chi connectivity index (χ1n) is 7.29. The van der Waals surface area contributed by atoms with E-state index in [0.29, 0.717) is 6.54 Å². The van der Waals surface area contributed by atoms with Gasteiger partial charge in [-0.15, -0.1) is 10.2 Å². The molecule has 1 aliphatic rings. The lowest BCUT2D eigenvalue weighted by Crippen LogP contribution is -2.42. The summed E-state index contributed by atoms with van der Waals surface area (Å²) in [5.74, 6) is 2.02. The Kier molecular flexibility index (Phi) is 3.52. The van der Waals surface area contributed by atoms with Gasteiger partial charge in [0.05, 0.1) is 0 Å². The van der Waals surface area contributed by atoms with Crippen molar-refractivity contribution in [1.82, 2.24) is 23.9 Å². The van der Waals surface area contributed by atoms with Crippen LogP contribution in [0.3, 0.4) is 0 Å². The first kappa shape index (κ1) is 15.0. The Balaban J connectivity index is 1.99. The summed E-state index contributed by atoms with van der Waals surface area (Å²) >= 11 is 0. The molecular weight excluding hydrogens is 298 g/mol. The average molecular weight is 315 g/mol. The molecule has 120 valence electrons. The fourth-order valence-electron chi connectivity index (χ4n) is 2.89. The topological polar surface area (TPSA) is 111 Å². The predicted octanol–water partition coefficient (Wildman–Crippen LogP) is -0.717. The molecule has 1 atom stereocenters. The number of nitrogens with one attached hydrogen (secondary N) is 1. The first-order valence-corrected chi connectivity index (χ1v) is 7.29. The number of hydrogen-bond donors (Lipinski definition) is 1. The Bertz CT molecular complexity index is 928. The van der Waals surface area contributed by atoms with Crippen LogP contribution in [0.15, 0.2) is 9.59 Å². The minimum absolute atomic E-state index is 0.0120. The predicted molar refractivity (Wildman–Crippen MR) is 82.1 cm³/mol. The zero-order valence-electron chi connectivity index (χ0n) is 13.2. The Hall–Kier alpha value is -2.89. The van der Waals surface area contributed by atoms with Crippen molar-refractivity contribution in [3.63, 3.8) is 0 Å². The summed E-state index contributed by atoms with van der Waals surface area (Å²) in [5.41, 5.74) is -1.11. The minimum Gasteiger partial charge on any atom is -0.366 e. The summed E-state index contributed by atoms with van der Waals surface area (Å²) in [6.07, 6.45) is 1.53. The number of aromatic nitrogens is 5. The van der Waals surface area contributed by atoms with E-state index in [-0.39, 0.29) is 17.4 Å². The van der Waals surface area contributed by atoms with Crippen molar-refractivity contribution in [2.24, 2.45) is 14.1 Å². The van der Waals surface area contributed by atoms with Gasteiger partial charge in [-0.25, -0.2) is 4.79 Å². The van der Waals surface area contributed by atoms with Crippen molar-refractivity contribution in [3.05, 3.63) is 38.1 Å². The molecule has 3 rings (SSSR count). The highest BCUT2D eigenvalue weighted by atomic mass is 16.2. The lowest BCUT2D eigenvalue weighted by atomic mass is 10.1. The van der Waals surface area contributed by atoms with Crippen molar-refractivity contribution in [2.75, 3.05) is 5.32 Å². The SMILES string of the molecule is Cc1nnc2n1C[C@@H](Nc1c(C#N)c(=O)n(C)c(=O)n1C)CC2. The van der Waals surface area contributed by atoms with E-state index < -0.39 is 11.2 Å². The fraction of sp³-hybridized carbons (Fsp3) is 0.500. The molecule has 3 heterocycles. The molecule has 2 aromatic rings. The lowest BCUT2D eigenvalue weighted by molar-refractivity contribution is 0.466. The lowest BCUT2D eigenvalue weighted by Gasteiger charge is -2.27. The van der Waals surface area contributed by atoms with E-state index in [1.807, 2.05) is 17.6 Å². The summed E-state index contributed by atoms with van der Waals surface area (Å²) in [4.78, 5) is 24.2. The van der Waals surface area contributed by atoms with Crippen LogP contribution < -0.4 is 16.6 Å². The molecule has 0 saturated heterocycles. The van der Waals surface area contributed by atoms with Crippen LogP contribution in [0.5, 0.6) is 0 Å². The van der Waals surface area contributed by atoms with Crippen molar-refractivity contribution in [1.29, 1.82) is 5.26 Å². The summed E-state index contributed by atoms with van der Waals surface area (Å²) in [7, 11) is 2.91. The largest absolute Gasteiger partial charge is 0.366 e. The van der Waals surface area contributed by atoms with Crippen molar-refractivity contribution < 1.29 is 0 Å². The van der Waals surface area contributed by atoms with E-state index in [9.17, 15) is 14.9 Å². The van der Waals surface area contributed by atoms with Gasteiger partial charge in [0.25, 0.3) is 5.56 Å². The molecule has 0 unspecified atom stereocenters. The molecule has 9 nitrogen and oxygen atoms in total. The molecule has 0 radical (unpaired) electrons. The number of rotatable bonds is 2. The summed E-state index contributed by atoms with van der Waals surface area (Å²) in [5, 5.41) is 20.6. The van der Waals surface area contributed by atoms with Crippen molar-refractivity contribution in [3.8, 4) is 6.07 Å². The third-order valence-corrected chi connectivity index (χ3v) is 4.25. The molecule has 23 heavy (non-hydrogen) atoms. The zero-order chi connectivity index (χ0) is 16.7. The smallest absolute Gasteiger partial charge is 0.332 e. The van der Waals surface area contributed by atoms with Crippen LogP contribution in [0.25, 0.3) is 0 Å². The number of nitriles is 1. The van der Waals surface area contributed by atoms with Gasteiger partial charge in [-0.05, 0) is 13.3 Å². The number of aryl methyl sites for hydroxylation is 2. The maximum absolute atomic E-state index is 12.1. The van der Waals surface area contributed by atoms with Crippen LogP contribution in [0.2, 0.25) is 0 Å². The first-order chi connectivity index (χ1) is 10.9. The maximum Gasteiger partial charge on any atom is 0.332 e. The van der Waals surface area contributed by atoms with E-state index in [0.717, 1.165) is 29.1 Å². The van der Waals surface area contributed by atoms with E-state index in [1.54, 1.807) is 7.05 Å². The van der Waals surface area contributed by atoms with Crippen LogP contribution in [-0.4, -0.2) is 29.9 Å². The van der Waals surface area contributed by atoms with Gasteiger partial charge in [-0.2, -0.15) is 5.26 Å². The quantitative estimate of drug-likeness (QED) is 0.783. The molecule has 9 heteroatoms. The highest BCUT2D eigenvalue weighted by Gasteiger charge is 2.24. The van der Waals surface area contributed by atoms with Gasteiger partial charge >= 0.3 is 5.69 Å². The van der Waals surface area contributed by atoms with Gasteiger partial charge in [0.15, 0.2) is 5.56 Å². The average Bonchev–Trinajstić information content (AvgIpc) is 2.92. The second-order valence-corrected chi connectivity index (χ2v) is 5.70. The molecule has 2 aromatic heterocycles. The van der Waals surface area contributed by atoms with Gasteiger partial charge in [0, 0.05) is 33.1 Å². The third kappa shape index (κ3) is 2.32. The second-order valence-electron chi connectivity index (χ2n) is 5.70. The minimum atomic E-state index is -0.588. The molecule has 0 fully saturated rings. The monoisotopic (exact) mass is 315 g/mol. The van der Waals surface area contributed by atoms with Gasteiger partial charge in [0.1, 0.15) is 23.5 Å². The molecular formula is C14H17N7O2. The normalized spacial score (nSPS) is 16.7. The highest BCUT2D eigenvalue weighted by molar-refractivity contribution is 5.51. The van der Waals surface area contributed by atoms with E-state index in [2.05, 4.69) is 15.5 Å². The van der Waals surface area contributed by atoms with Gasteiger partial charge in [-0.3, -0.25) is 13.9 Å². The standard InChI is InChI=1S/C14H17N7O2/c1-8-17-18-11-5-4-9(7-21(8)11)16-12-10(6-15)13(22)20(3)14(23)19(12)2/h9,16H,4-5,7H2,1-3H3/t9-/m0/s1. The van der Waals surface area contributed by atoms with Crippen LogP contribution in [0.1, 0.15) is 23.6 Å². The zero-order valence-corrected chi connectivity index (χ0v) is 13.2. The maximum atomic E-state index is 12.1. The van der Waals surface area contributed by atoms with E-state index in [4.69, 9.17) is 0 Å². The number of nitrogens with zero attached hydrogens (tertiary/aromatic N) is 6. The molecule has 0 spiro atoms. The Morgan fingerprint density at radius 1 is 1.26 bits per heavy atom. The Labute approximate surface area is 131 Å². The third-order valence-electron chi connectivity index (χ3n) is 4.25. The number of fused-ring (bicyclic) bond motifs is 1. The van der Waals surface area contributed by atoms with Gasteiger partial charge in [0.2, 0.25) is 0 Å². The Morgan fingerprint density at radius 2 is 2.00 bits per heavy atom. The molecule has 0 saturated carbocycles. The van der Waals surface area contributed by atoms with E-state index >= 15 is 0 Å². The summed E-state index contributed by atoms with van der Waals surface area (Å²) in [6.45, 7) is 2.51. The summed E-state index contributed by atoms with van der Waals surface area (Å²) < 4.78 is 4.24. The van der Waals surface area contributed by atoms with Gasteiger partial charge < -0.3 is 9.88 Å². The van der Waals surface area contributed by atoms with E-state index in [1.165, 1.54) is 11.6 Å². The Morgan fingerprint density at radius 3 is 2.70 bits per heavy atom.